The number of halogens is 2. The van der Waals surface area contributed by atoms with E-state index in [9.17, 15) is 0 Å². The smallest absolute Gasteiger partial charge is 0.166 e. The van der Waals surface area contributed by atoms with Gasteiger partial charge < -0.3 is 19.5 Å². The van der Waals surface area contributed by atoms with E-state index in [0.717, 1.165) is 23.4 Å². The Bertz CT molecular complexity index is 623. The molecule has 4 nitrogen and oxygen atoms in total. The van der Waals surface area contributed by atoms with E-state index in [0.29, 0.717) is 30.5 Å². The minimum Gasteiger partial charge on any atom is -0.493 e. The molecule has 0 fully saturated rings. The zero-order valence-corrected chi connectivity index (χ0v) is 15.5. The summed E-state index contributed by atoms with van der Waals surface area (Å²) in [6, 6.07) is 13.5. The van der Waals surface area contributed by atoms with Crippen LogP contribution >= 0.6 is 24.0 Å². The Hall–Kier alpha value is -1.46. The van der Waals surface area contributed by atoms with Crippen LogP contribution in [-0.4, -0.2) is 27.4 Å². The van der Waals surface area contributed by atoms with Gasteiger partial charge in [0.1, 0.15) is 6.61 Å². The predicted molar refractivity (Wildman–Crippen MR) is 99.6 cm³/mol. The average Bonchev–Trinajstić information content (AvgIpc) is 2.58. The van der Waals surface area contributed by atoms with Gasteiger partial charge in [-0.15, -0.1) is 12.4 Å². The molecule has 0 aliphatic heterocycles. The second-order valence-corrected chi connectivity index (χ2v) is 5.41. The summed E-state index contributed by atoms with van der Waals surface area (Å²) in [6.07, 6.45) is 0. The highest BCUT2D eigenvalue weighted by atomic mass is 35.5. The highest BCUT2D eigenvalue weighted by Gasteiger charge is 2.11. The normalized spacial score (nSPS) is 10.1. The summed E-state index contributed by atoms with van der Waals surface area (Å²) in [5.41, 5.74) is 1.98. The van der Waals surface area contributed by atoms with Gasteiger partial charge in [0.25, 0.3) is 0 Å². The van der Waals surface area contributed by atoms with Crippen molar-refractivity contribution in [2.75, 3.05) is 27.4 Å². The maximum atomic E-state index is 6.18. The summed E-state index contributed by atoms with van der Waals surface area (Å²) < 4.78 is 16.5. The third-order valence-electron chi connectivity index (χ3n) is 3.41. The fraction of sp³-hybridized carbons (Fsp3) is 0.333. The van der Waals surface area contributed by atoms with E-state index in [1.54, 1.807) is 14.2 Å². The Kier molecular flexibility index (Phi) is 9.57. The van der Waals surface area contributed by atoms with E-state index in [1.807, 2.05) is 42.5 Å². The fourth-order valence-electron chi connectivity index (χ4n) is 2.19. The fourth-order valence-corrected chi connectivity index (χ4v) is 2.38. The van der Waals surface area contributed by atoms with Crippen molar-refractivity contribution in [2.45, 2.75) is 13.2 Å². The van der Waals surface area contributed by atoms with Gasteiger partial charge in [-0.3, -0.25) is 0 Å². The molecular weight excluding hydrogens is 349 g/mol. The second kappa shape index (κ2) is 11.2. The molecule has 0 atom stereocenters. The van der Waals surface area contributed by atoms with Crippen LogP contribution in [0.3, 0.4) is 0 Å². The van der Waals surface area contributed by atoms with Crippen molar-refractivity contribution < 1.29 is 14.2 Å². The molecule has 0 aliphatic carbocycles. The lowest BCUT2D eigenvalue weighted by Gasteiger charge is -2.16. The van der Waals surface area contributed by atoms with Crippen molar-refractivity contribution >= 4 is 24.0 Å². The SMILES string of the molecule is COCCNCc1cccc(OC)c1OCc1ccccc1Cl.Cl. The summed E-state index contributed by atoms with van der Waals surface area (Å²) in [6.45, 7) is 2.51. The lowest BCUT2D eigenvalue weighted by Crippen LogP contribution is -2.19. The van der Waals surface area contributed by atoms with Gasteiger partial charge in [0.05, 0.1) is 13.7 Å². The molecule has 0 saturated heterocycles. The molecule has 0 aliphatic rings. The molecule has 0 saturated carbocycles. The first kappa shape index (κ1) is 20.6. The first-order chi connectivity index (χ1) is 11.3. The largest absolute Gasteiger partial charge is 0.493 e. The van der Waals surface area contributed by atoms with Gasteiger partial charge in [0.15, 0.2) is 11.5 Å². The van der Waals surface area contributed by atoms with Crippen LogP contribution in [0.4, 0.5) is 0 Å². The van der Waals surface area contributed by atoms with Crippen LogP contribution in [0.15, 0.2) is 42.5 Å². The molecule has 1 N–H and O–H groups in total. The Labute approximate surface area is 154 Å². The first-order valence-corrected chi connectivity index (χ1v) is 7.85. The maximum absolute atomic E-state index is 6.18. The van der Waals surface area contributed by atoms with E-state index in [4.69, 9.17) is 25.8 Å². The van der Waals surface area contributed by atoms with E-state index in [1.165, 1.54) is 0 Å². The number of nitrogens with one attached hydrogen (secondary N) is 1. The molecule has 0 aromatic heterocycles. The van der Waals surface area contributed by atoms with Crippen molar-refractivity contribution in [3.05, 3.63) is 58.6 Å². The average molecular weight is 372 g/mol. The topological polar surface area (TPSA) is 39.7 Å². The molecule has 6 heteroatoms. The molecule has 0 bridgehead atoms. The minimum atomic E-state index is 0. The molecule has 24 heavy (non-hydrogen) atoms. The molecule has 0 unspecified atom stereocenters. The monoisotopic (exact) mass is 371 g/mol. The van der Waals surface area contributed by atoms with Crippen molar-refractivity contribution in [3.8, 4) is 11.5 Å². The van der Waals surface area contributed by atoms with Gasteiger partial charge in [-0.1, -0.05) is 41.9 Å². The van der Waals surface area contributed by atoms with Crippen molar-refractivity contribution in [2.24, 2.45) is 0 Å². The molecule has 132 valence electrons. The van der Waals surface area contributed by atoms with Crippen LogP contribution in [0, 0.1) is 0 Å². The number of methoxy groups -OCH3 is 2. The quantitative estimate of drug-likeness (QED) is 0.674. The summed E-state index contributed by atoms with van der Waals surface area (Å²) >= 11 is 6.18. The molecule has 2 aromatic rings. The van der Waals surface area contributed by atoms with E-state index in [-0.39, 0.29) is 12.4 Å². The van der Waals surface area contributed by atoms with Crippen LogP contribution in [-0.2, 0) is 17.9 Å². The number of hydrogen-bond donors (Lipinski definition) is 1. The molecule has 2 rings (SSSR count). The van der Waals surface area contributed by atoms with E-state index >= 15 is 0 Å². The summed E-state index contributed by atoms with van der Waals surface area (Å²) in [5, 5.41) is 4.01. The van der Waals surface area contributed by atoms with E-state index < -0.39 is 0 Å². The van der Waals surface area contributed by atoms with Crippen LogP contribution in [0.2, 0.25) is 5.02 Å². The van der Waals surface area contributed by atoms with E-state index in [2.05, 4.69) is 5.32 Å². The Morgan fingerprint density at radius 1 is 1.00 bits per heavy atom. The van der Waals surface area contributed by atoms with Crippen molar-refractivity contribution in [3.63, 3.8) is 0 Å². The third-order valence-corrected chi connectivity index (χ3v) is 3.78. The lowest BCUT2D eigenvalue weighted by atomic mass is 10.1. The van der Waals surface area contributed by atoms with Crippen molar-refractivity contribution in [1.29, 1.82) is 0 Å². The molecule has 0 spiro atoms. The molecule has 2 aromatic carbocycles. The van der Waals surface area contributed by atoms with Gasteiger partial charge in [0, 0.05) is 36.3 Å². The van der Waals surface area contributed by atoms with Crippen LogP contribution in [0.5, 0.6) is 11.5 Å². The van der Waals surface area contributed by atoms with Gasteiger partial charge >= 0.3 is 0 Å². The molecule has 0 amide bonds. The van der Waals surface area contributed by atoms with Gasteiger partial charge in [-0.05, 0) is 12.1 Å². The van der Waals surface area contributed by atoms with Crippen molar-refractivity contribution in [1.82, 2.24) is 5.32 Å². The second-order valence-electron chi connectivity index (χ2n) is 5.00. The first-order valence-electron chi connectivity index (χ1n) is 7.48. The minimum absolute atomic E-state index is 0. The number of ether oxygens (including phenoxy) is 3. The highest BCUT2D eigenvalue weighted by molar-refractivity contribution is 6.31. The predicted octanol–water partition coefficient (Wildman–Crippen LogP) is 4.09. The van der Waals surface area contributed by atoms with Crippen LogP contribution in [0.1, 0.15) is 11.1 Å². The Morgan fingerprint density at radius 3 is 2.46 bits per heavy atom. The lowest BCUT2D eigenvalue weighted by molar-refractivity contribution is 0.199. The molecular formula is C18H23Cl2NO3. The number of hydrogen-bond acceptors (Lipinski definition) is 4. The third kappa shape index (κ3) is 5.87. The Morgan fingerprint density at radius 2 is 1.75 bits per heavy atom. The number of benzene rings is 2. The summed E-state index contributed by atoms with van der Waals surface area (Å²) in [5.74, 6) is 1.45. The molecule has 0 radical (unpaired) electrons. The Balaban J connectivity index is 0.00000288. The van der Waals surface area contributed by atoms with Crippen LogP contribution < -0.4 is 14.8 Å². The van der Waals surface area contributed by atoms with Gasteiger partial charge in [0.2, 0.25) is 0 Å². The van der Waals surface area contributed by atoms with Gasteiger partial charge in [-0.25, -0.2) is 0 Å². The number of para-hydroxylation sites is 1. The zero-order chi connectivity index (χ0) is 16.5. The van der Waals surface area contributed by atoms with Crippen LogP contribution in [0.25, 0.3) is 0 Å². The maximum Gasteiger partial charge on any atom is 0.166 e. The van der Waals surface area contributed by atoms with Gasteiger partial charge in [-0.2, -0.15) is 0 Å². The summed E-state index contributed by atoms with van der Waals surface area (Å²) in [7, 11) is 3.32. The summed E-state index contributed by atoms with van der Waals surface area (Å²) in [4.78, 5) is 0. The molecule has 0 heterocycles. The number of rotatable bonds is 9. The zero-order valence-electron chi connectivity index (χ0n) is 13.9. The highest BCUT2D eigenvalue weighted by Crippen LogP contribution is 2.32. The standard InChI is InChI=1S/C18H22ClNO3.ClH/c1-21-11-10-20-12-14-7-5-9-17(22-2)18(14)23-13-15-6-3-4-8-16(15)19;/h3-9,20H,10-13H2,1-2H3;1H.